The van der Waals surface area contributed by atoms with Gasteiger partial charge in [-0.2, -0.15) is 11.8 Å². The van der Waals surface area contributed by atoms with E-state index in [0.717, 1.165) is 36.2 Å². The summed E-state index contributed by atoms with van der Waals surface area (Å²) in [5, 5.41) is 0. The average molecular weight is 329 g/mol. The lowest BCUT2D eigenvalue weighted by Gasteiger charge is -2.31. The molecule has 0 bridgehead atoms. The molecule has 0 fully saturated rings. The molecule has 0 saturated carbocycles. The molecule has 0 spiro atoms. The molecule has 2 rings (SSSR count). The van der Waals surface area contributed by atoms with Crippen molar-refractivity contribution in [2.24, 2.45) is 0 Å². The van der Waals surface area contributed by atoms with E-state index in [0.29, 0.717) is 12.3 Å². The molecule has 2 nitrogen and oxygen atoms in total. The Morgan fingerprint density at radius 2 is 2.05 bits per heavy atom. The van der Waals surface area contributed by atoms with Gasteiger partial charge in [0.25, 0.3) is 0 Å². The minimum Gasteiger partial charge on any atom is -0.327 e. The fourth-order valence-electron chi connectivity index (χ4n) is 2.72. The van der Waals surface area contributed by atoms with Crippen molar-refractivity contribution in [1.29, 1.82) is 0 Å². The summed E-state index contributed by atoms with van der Waals surface area (Å²) in [5.41, 5.74) is 1.72. The molecule has 0 N–H and O–H groups in total. The van der Waals surface area contributed by atoms with Gasteiger partial charge in [-0.3, -0.25) is 0 Å². The van der Waals surface area contributed by atoms with Crippen molar-refractivity contribution in [2.45, 2.75) is 44.4 Å². The van der Waals surface area contributed by atoms with E-state index in [4.69, 9.17) is 11.6 Å². The van der Waals surface area contributed by atoms with Crippen LogP contribution in [-0.2, 0) is 13.0 Å². The Morgan fingerprint density at radius 3 is 2.62 bits per heavy atom. The lowest BCUT2D eigenvalue weighted by Crippen LogP contribution is -2.29. The third kappa shape index (κ3) is 3.37. The first-order valence-electron chi connectivity index (χ1n) is 7.35. The van der Waals surface area contributed by atoms with Gasteiger partial charge in [0.2, 0.25) is 0 Å². The summed E-state index contributed by atoms with van der Waals surface area (Å²) in [7, 11) is 0. The molecule has 116 valence electrons. The summed E-state index contributed by atoms with van der Waals surface area (Å²) in [6, 6.07) is 4.83. The van der Waals surface area contributed by atoms with Gasteiger partial charge in [-0.1, -0.05) is 13.8 Å². The summed E-state index contributed by atoms with van der Waals surface area (Å²) in [6.45, 7) is 5.33. The molecule has 21 heavy (non-hydrogen) atoms. The average Bonchev–Trinajstić information content (AvgIpc) is 2.82. The first-order valence-corrected chi connectivity index (χ1v) is 9.10. The molecular weight excluding hydrogens is 307 g/mol. The maximum absolute atomic E-state index is 13.4. The lowest BCUT2D eigenvalue weighted by atomic mass is 10.0. The minimum atomic E-state index is -0.244. The van der Waals surface area contributed by atoms with E-state index in [1.54, 1.807) is 0 Å². The van der Waals surface area contributed by atoms with Crippen molar-refractivity contribution in [3.05, 3.63) is 29.8 Å². The predicted octanol–water partition coefficient (Wildman–Crippen LogP) is 4.88. The number of halogens is 2. The molecule has 0 radical (unpaired) electrons. The van der Waals surface area contributed by atoms with Gasteiger partial charge in [0.15, 0.2) is 0 Å². The van der Waals surface area contributed by atoms with Crippen molar-refractivity contribution in [1.82, 2.24) is 9.55 Å². The fourth-order valence-corrected chi connectivity index (χ4v) is 3.72. The lowest BCUT2D eigenvalue weighted by molar-refractivity contribution is 0.464. The zero-order valence-corrected chi connectivity index (χ0v) is 14.4. The molecule has 0 aliphatic carbocycles. The molecular formula is C16H22ClFN2S. The number of aromatic nitrogens is 2. The van der Waals surface area contributed by atoms with E-state index in [2.05, 4.69) is 29.7 Å². The van der Waals surface area contributed by atoms with Gasteiger partial charge in [0, 0.05) is 29.7 Å². The summed E-state index contributed by atoms with van der Waals surface area (Å²) < 4.78 is 15.8. The monoisotopic (exact) mass is 328 g/mol. The second kappa shape index (κ2) is 7.01. The standard InChI is InChI=1S/C16H22ClFN2S/c1-4-16(5-2,21-3)11-20-14-7-6-12(18)10-13(14)19-15(20)8-9-17/h6-7,10H,4-5,8-9,11H2,1-3H3. The Hall–Kier alpha value is -0.740. The van der Waals surface area contributed by atoms with E-state index in [1.807, 2.05) is 17.8 Å². The number of nitrogens with zero attached hydrogens (tertiary/aromatic N) is 2. The van der Waals surface area contributed by atoms with Crippen LogP contribution in [0.1, 0.15) is 32.5 Å². The number of fused-ring (bicyclic) bond motifs is 1. The van der Waals surface area contributed by atoms with Crippen LogP contribution in [0.15, 0.2) is 18.2 Å². The molecule has 0 unspecified atom stereocenters. The molecule has 0 aliphatic heterocycles. The Bertz CT molecular complexity index is 599. The third-order valence-electron chi connectivity index (χ3n) is 4.28. The number of benzene rings is 1. The highest BCUT2D eigenvalue weighted by molar-refractivity contribution is 8.00. The van der Waals surface area contributed by atoms with Crippen LogP contribution >= 0.6 is 23.4 Å². The van der Waals surface area contributed by atoms with Crippen LogP contribution < -0.4 is 0 Å². The fraction of sp³-hybridized carbons (Fsp3) is 0.562. The van der Waals surface area contributed by atoms with Crippen molar-refractivity contribution < 1.29 is 4.39 Å². The highest BCUT2D eigenvalue weighted by atomic mass is 35.5. The van der Waals surface area contributed by atoms with Crippen molar-refractivity contribution >= 4 is 34.4 Å². The van der Waals surface area contributed by atoms with Crippen molar-refractivity contribution in [2.75, 3.05) is 12.1 Å². The van der Waals surface area contributed by atoms with Gasteiger partial charge < -0.3 is 4.57 Å². The molecule has 1 heterocycles. The van der Waals surface area contributed by atoms with E-state index in [1.165, 1.54) is 12.1 Å². The van der Waals surface area contributed by atoms with E-state index >= 15 is 0 Å². The number of rotatable bonds is 7. The SMILES string of the molecule is CCC(CC)(Cn1c(CCCl)nc2cc(F)ccc21)SC. The van der Waals surface area contributed by atoms with Crippen LogP contribution in [0.2, 0.25) is 0 Å². The van der Waals surface area contributed by atoms with Crippen LogP contribution in [0.5, 0.6) is 0 Å². The van der Waals surface area contributed by atoms with Gasteiger partial charge in [-0.25, -0.2) is 9.37 Å². The van der Waals surface area contributed by atoms with Gasteiger partial charge in [0.05, 0.1) is 11.0 Å². The molecule has 5 heteroatoms. The van der Waals surface area contributed by atoms with E-state index < -0.39 is 0 Å². The Balaban J connectivity index is 2.52. The minimum absolute atomic E-state index is 0.184. The largest absolute Gasteiger partial charge is 0.327 e. The molecule has 0 aliphatic rings. The topological polar surface area (TPSA) is 17.8 Å². The van der Waals surface area contributed by atoms with Gasteiger partial charge in [-0.15, -0.1) is 11.6 Å². The van der Waals surface area contributed by atoms with Crippen LogP contribution in [0, 0.1) is 5.82 Å². The second-order valence-corrected chi connectivity index (χ2v) is 6.93. The smallest absolute Gasteiger partial charge is 0.125 e. The highest BCUT2D eigenvalue weighted by Gasteiger charge is 2.27. The van der Waals surface area contributed by atoms with Crippen molar-refractivity contribution in [3.8, 4) is 0 Å². The number of aryl methyl sites for hydroxylation is 1. The maximum atomic E-state index is 13.4. The van der Waals surface area contributed by atoms with Crippen molar-refractivity contribution in [3.63, 3.8) is 0 Å². The van der Waals surface area contributed by atoms with Crippen LogP contribution in [0.25, 0.3) is 11.0 Å². The van der Waals surface area contributed by atoms with Gasteiger partial charge >= 0.3 is 0 Å². The summed E-state index contributed by atoms with van der Waals surface area (Å²) >= 11 is 7.81. The quantitative estimate of drug-likeness (QED) is 0.674. The number of alkyl halides is 1. The second-order valence-electron chi connectivity index (χ2n) is 5.28. The number of hydrogen-bond acceptors (Lipinski definition) is 2. The molecule has 2 aromatic rings. The number of hydrogen-bond donors (Lipinski definition) is 0. The van der Waals surface area contributed by atoms with E-state index in [-0.39, 0.29) is 10.6 Å². The Kier molecular flexibility index (Phi) is 5.55. The molecule has 0 amide bonds. The zero-order valence-electron chi connectivity index (χ0n) is 12.8. The summed E-state index contributed by atoms with van der Waals surface area (Å²) in [6.07, 6.45) is 5.04. The molecule has 0 saturated heterocycles. The zero-order chi connectivity index (χ0) is 15.5. The van der Waals surface area contributed by atoms with Crippen LogP contribution in [0.3, 0.4) is 0 Å². The van der Waals surface area contributed by atoms with Crippen LogP contribution in [0.4, 0.5) is 4.39 Å². The van der Waals surface area contributed by atoms with Gasteiger partial charge in [0.1, 0.15) is 11.6 Å². The maximum Gasteiger partial charge on any atom is 0.125 e. The van der Waals surface area contributed by atoms with Gasteiger partial charge in [-0.05, 0) is 31.2 Å². The number of thioether (sulfide) groups is 1. The Labute approximate surface area is 135 Å². The summed E-state index contributed by atoms with van der Waals surface area (Å²) in [5.74, 6) is 1.23. The third-order valence-corrected chi connectivity index (χ3v) is 6.04. The molecule has 0 atom stereocenters. The van der Waals surface area contributed by atoms with Crippen LogP contribution in [-0.4, -0.2) is 26.4 Å². The number of imidazole rings is 1. The first kappa shape index (κ1) is 16.6. The highest BCUT2D eigenvalue weighted by Crippen LogP contribution is 2.34. The first-order chi connectivity index (χ1) is 10.1. The predicted molar refractivity (Wildman–Crippen MR) is 90.9 cm³/mol. The summed E-state index contributed by atoms with van der Waals surface area (Å²) in [4.78, 5) is 4.58. The normalized spacial score (nSPS) is 12.2. The van der Waals surface area contributed by atoms with E-state index in [9.17, 15) is 4.39 Å². The molecule has 1 aromatic carbocycles. The molecule has 1 aromatic heterocycles. The Morgan fingerprint density at radius 1 is 1.33 bits per heavy atom.